The second-order valence-electron chi connectivity index (χ2n) is 5.71. The van der Waals surface area contributed by atoms with Gasteiger partial charge in [-0.15, -0.1) is 0 Å². The lowest BCUT2D eigenvalue weighted by molar-refractivity contribution is -0.0248. The van der Waals surface area contributed by atoms with Crippen molar-refractivity contribution in [3.8, 4) is 0 Å². The van der Waals surface area contributed by atoms with Crippen molar-refractivity contribution < 1.29 is 4.74 Å². The number of benzene rings is 1. The summed E-state index contributed by atoms with van der Waals surface area (Å²) >= 11 is 0. The SMILES string of the molecule is NC1CCC2(CC1)OC=Cc1c2[nH]c2ccccc12. The molecule has 4 rings (SSSR count). The lowest BCUT2D eigenvalue weighted by Gasteiger charge is -2.40. The molecule has 1 aromatic heterocycles. The fourth-order valence-corrected chi connectivity index (χ4v) is 3.46. The van der Waals surface area contributed by atoms with Crippen molar-refractivity contribution in [1.82, 2.24) is 4.98 Å². The molecule has 1 spiro atoms. The van der Waals surface area contributed by atoms with Gasteiger partial charge in [0.1, 0.15) is 5.60 Å². The highest BCUT2D eigenvalue weighted by atomic mass is 16.5. The van der Waals surface area contributed by atoms with E-state index in [0.717, 1.165) is 25.7 Å². The van der Waals surface area contributed by atoms with Gasteiger partial charge in [-0.05, 0) is 37.8 Å². The molecule has 0 unspecified atom stereocenters. The summed E-state index contributed by atoms with van der Waals surface area (Å²) in [7, 11) is 0. The van der Waals surface area contributed by atoms with E-state index in [1.807, 2.05) is 6.26 Å². The van der Waals surface area contributed by atoms with Gasteiger partial charge in [0.15, 0.2) is 0 Å². The van der Waals surface area contributed by atoms with Crippen LogP contribution in [0.15, 0.2) is 30.5 Å². The zero-order valence-electron chi connectivity index (χ0n) is 10.9. The summed E-state index contributed by atoms with van der Waals surface area (Å²) in [4.78, 5) is 3.57. The maximum Gasteiger partial charge on any atom is 0.148 e. The van der Waals surface area contributed by atoms with E-state index in [1.165, 1.54) is 22.2 Å². The lowest BCUT2D eigenvalue weighted by atomic mass is 9.78. The molecule has 2 aliphatic rings. The van der Waals surface area contributed by atoms with Crippen LogP contribution < -0.4 is 5.73 Å². The van der Waals surface area contributed by atoms with Gasteiger partial charge in [-0.3, -0.25) is 0 Å². The molecule has 0 amide bonds. The molecule has 0 atom stereocenters. The summed E-state index contributed by atoms with van der Waals surface area (Å²) in [6.07, 6.45) is 8.00. The molecule has 3 N–H and O–H groups in total. The van der Waals surface area contributed by atoms with E-state index < -0.39 is 0 Å². The van der Waals surface area contributed by atoms with Crippen molar-refractivity contribution in [3.63, 3.8) is 0 Å². The molecular weight excluding hydrogens is 236 g/mol. The summed E-state index contributed by atoms with van der Waals surface area (Å²) in [5.41, 5.74) is 9.57. The van der Waals surface area contributed by atoms with Crippen LogP contribution >= 0.6 is 0 Å². The van der Waals surface area contributed by atoms with Crippen molar-refractivity contribution in [2.45, 2.75) is 37.3 Å². The Morgan fingerprint density at radius 2 is 2.00 bits per heavy atom. The number of nitrogens with two attached hydrogens (primary N) is 1. The Balaban J connectivity index is 1.89. The lowest BCUT2D eigenvalue weighted by Crippen LogP contribution is -2.39. The summed E-state index contributed by atoms with van der Waals surface area (Å²) in [6, 6.07) is 8.78. The van der Waals surface area contributed by atoms with E-state index in [2.05, 4.69) is 35.3 Å². The van der Waals surface area contributed by atoms with Crippen LogP contribution in [0.25, 0.3) is 17.0 Å². The first-order chi connectivity index (χ1) is 9.28. The third kappa shape index (κ3) is 1.55. The van der Waals surface area contributed by atoms with Gasteiger partial charge in [0, 0.05) is 22.5 Å². The van der Waals surface area contributed by atoms with Gasteiger partial charge < -0.3 is 15.5 Å². The van der Waals surface area contributed by atoms with Gasteiger partial charge in [-0.25, -0.2) is 0 Å². The van der Waals surface area contributed by atoms with Gasteiger partial charge >= 0.3 is 0 Å². The largest absolute Gasteiger partial charge is 0.489 e. The van der Waals surface area contributed by atoms with E-state index in [-0.39, 0.29) is 5.60 Å². The second kappa shape index (κ2) is 3.87. The highest BCUT2D eigenvalue weighted by Crippen LogP contribution is 2.45. The van der Waals surface area contributed by atoms with Crippen molar-refractivity contribution >= 4 is 17.0 Å². The van der Waals surface area contributed by atoms with Gasteiger partial charge in [-0.2, -0.15) is 0 Å². The van der Waals surface area contributed by atoms with Crippen LogP contribution in [-0.4, -0.2) is 11.0 Å². The molecule has 98 valence electrons. The van der Waals surface area contributed by atoms with E-state index >= 15 is 0 Å². The molecule has 1 aliphatic heterocycles. The van der Waals surface area contributed by atoms with Crippen LogP contribution in [0.2, 0.25) is 0 Å². The topological polar surface area (TPSA) is 51.0 Å². The Kier molecular flexibility index (Phi) is 2.27. The van der Waals surface area contributed by atoms with Crippen LogP contribution in [0, 0.1) is 0 Å². The number of para-hydroxylation sites is 1. The molecule has 19 heavy (non-hydrogen) atoms. The van der Waals surface area contributed by atoms with Crippen LogP contribution in [0.4, 0.5) is 0 Å². The number of fused-ring (bicyclic) bond motifs is 4. The van der Waals surface area contributed by atoms with Gasteiger partial charge in [0.2, 0.25) is 0 Å². The molecule has 3 heteroatoms. The van der Waals surface area contributed by atoms with Crippen molar-refractivity contribution in [2.75, 3.05) is 0 Å². The van der Waals surface area contributed by atoms with Crippen LogP contribution in [-0.2, 0) is 10.3 Å². The maximum atomic E-state index is 6.04. The summed E-state index contributed by atoms with van der Waals surface area (Å²) < 4.78 is 6.04. The molecule has 0 bridgehead atoms. The third-order valence-electron chi connectivity index (χ3n) is 4.57. The first-order valence-corrected chi connectivity index (χ1v) is 7.00. The van der Waals surface area contributed by atoms with Crippen LogP contribution in [0.1, 0.15) is 36.9 Å². The zero-order valence-corrected chi connectivity index (χ0v) is 10.9. The monoisotopic (exact) mass is 254 g/mol. The molecule has 1 aliphatic carbocycles. The molecule has 2 heterocycles. The van der Waals surface area contributed by atoms with Crippen molar-refractivity contribution in [1.29, 1.82) is 0 Å². The van der Waals surface area contributed by atoms with Gasteiger partial charge in [0.25, 0.3) is 0 Å². The number of ether oxygens (including phenoxy) is 1. The fourth-order valence-electron chi connectivity index (χ4n) is 3.46. The molecule has 0 radical (unpaired) electrons. The predicted molar refractivity (Wildman–Crippen MR) is 76.5 cm³/mol. The Hall–Kier alpha value is -1.74. The zero-order chi connectivity index (χ0) is 12.9. The summed E-state index contributed by atoms with van der Waals surface area (Å²) in [5, 5.41) is 1.28. The Labute approximate surface area is 112 Å². The Bertz CT molecular complexity index is 648. The van der Waals surface area contributed by atoms with E-state index in [9.17, 15) is 0 Å². The van der Waals surface area contributed by atoms with E-state index in [1.54, 1.807) is 0 Å². The van der Waals surface area contributed by atoms with Crippen molar-refractivity contribution in [3.05, 3.63) is 41.8 Å². The van der Waals surface area contributed by atoms with Crippen LogP contribution in [0.5, 0.6) is 0 Å². The summed E-state index contributed by atoms with van der Waals surface area (Å²) in [6.45, 7) is 0. The van der Waals surface area contributed by atoms with Gasteiger partial charge in [0.05, 0.1) is 12.0 Å². The predicted octanol–water partition coefficient (Wildman–Crippen LogP) is 3.27. The maximum absolute atomic E-state index is 6.04. The van der Waals surface area contributed by atoms with Crippen LogP contribution in [0.3, 0.4) is 0 Å². The smallest absolute Gasteiger partial charge is 0.148 e. The van der Waals surface area contributed by atoms with Crippen molar-refractivity contribution in [2.24, 2.45) is 5.73 Å². The third-order valence-corrected chi connectivity index (χ3v) is 4.57. The average molecular weight is 254 g/mol. The molecule has 1 aromatic carbocycles. The minimum atomic E-state index is -0.182. The van der Waals surface area contributed by atoms with Gasteiger partial charge in [-0.1, -0.05) is 18.2 Å². The molecule has 1 fully saturated rings. The number of hydrogen-bond acceptors (Lipinski definition) is 2. The Morgan fingerprint density at radius 3 is 2.84 bits per heavy atom. The minimum Gasteiger partial charge on any atom is -0.489 e. The molecular formula is C16H18N2O. The molecule has 3 nitrogen and oxygen atoms in total. The quantitative estimate of drug-likeness (QED) is 0.758. The first-order valence-electron chi connectivity index (χ1n) is 7.00. The Morgan fingerprint density at radius 1 is 1.21 bits per heavy atom. The molecule has 2 aromatic rings. The number of rotatable bonds is 0. The fraction of sp³-hybridized carbons (Fsp3) is 0.375. The minimum absolute atomic E-state index is 0.182. The second-order valence-corrected chi connectivity index (χ2v) is 5.71. The highest BCUT2D eigenvalue weighted by molar-refractivity contribution is 5.91. The number of H-pyrrole nitrogens is 1. The number of aromatic nitrogens is 1. The van der Waals surface area contributed by atoms with E-state index in [0.29, 0.717) is 6.04 Å². The van der Waals surface area contributed by atoms with E-state index in [4.69, 9.17) is 10.5 Å². The first kappa shape index (κ1) is 11.1. The number of aromatic amines is 1. The average Bonchev–Trinajstić information content (AvgIpc) is 2.83. The molecule has 0 saturated heterocycles. The summed E-state index contributed by atoms with van der Waals surface area (Å²) in [5.74, 6) is 0. The molecule has 1 saturated carbocycles. The number of hydrogen-bond donors (Lipinski definition) is 2. The standard InChI is InChI=1S/C16H18N2O/c17-11-5-8-16(9-6-11)15-13(7-10-19-16)12-3-1-2-4-14(12)18-15/h1-4,7,10-11,18H,5-6,8-9,17H2. The number of nitrogens with one attached hydrogen (secondary N) is 1. The normalized spacial score (nSPS) is 29.4. The highest BCUT2D eigenvalue weighted by Gasteiger charge is 2.41.